The van der Waals surface area contributed by atoms with Crippen LogP contribution in [0, 0.1) is 0 Å². The summed E-state index contributed by atoms with van der Waals surface area (Å²) in [6.45, 7) is 2.04. The van der Waals surface area contributed by atoms with Crippen molar-refractivity contribution in [1.82, 2.24) is 0 Å². The molecular formula is C24H26N2O4S2. The molecule has 0 fully saturated rings. The lowest BCUT2D eigenvalue weighted by Crippen LogP contribution is -2.30. The molecule has 0 atom stereocenters. The predicted molar refractivity (Wildman–Crippen MR) is 131 cm³/mol. The zero-order valence-electron chi connectivity index (χ0n) is 18.2. The molecule has 0 saturated heterocycles. The van der Waals surface area contributed by atoms with Crippen LogP contribution >= 0.6 is 11.8 Å². The number of nitrogens with zero attached hydrogens (tertiary/aromatic N) is 1. The average molecular weight is 471 g/mol. The molecule has 3 aromatic carbocycles. The van der Waals surface area contributed by atoms with Crippen molar-refractivity contribution in [2.24, 2.45) is 0 Å². The molecule has 0 aliphatic carbocycles. The van der Waals surface area contributed by atoms with Gasteiger partial charge in [-0.05, 0) is 61.2 Å². The molecule has 0 radical (unpaired) electrons. The summed E-state index contributed by atoms with van der Waals surface area (Å²) >= 11 is 1.70. The third-order valence-corrected chi connectivity index (χ3v) is 7.39. The molecule has 32 heavy (non-hydrogen) atoms. The minimum Gasteiger partial charge on any atom is -0.495 e. The quantitative estimate of drug-likeness (QED) is 0.475. The Hall–Kier alpha value is -2.97. The van der Waals surface area contributed by atoms with Crippen molar-refractivity contribution in [2.75, 3.05) is 29.5 Å². The van der Waals surface area contributed by atoms with E-state index in [9.17, 15) is 13.2 Å². The number of sulfonamides is 1. The third-order valence-electron chi connectivity index (χ3n) is 4.87. The topological polar surface area (TPSA) is 75.7 Å². The fraction of sp³-hybridized carbons (Fsp3) is 0.208. The van der Waals surface area contributed by atoms with Crippen molar-refractivity contribution in [3.63, 3.8) is 0 Å². The first-order valence-corrected chi connectivity index (χ1v) is 12.9. The summed E-state index contributed by atoms with van der Waals surface area (Å²) in [6.07, 6.45) is 2.02. The molecule has 3 rings (SSSR count). The van der Waals surface area contributed by atoms with Crippen LogP contribution in [0.2, 0.25) is 0 Å². The lowest BCUT2D eigenvalue weighted by Gasteiger charge is -2.23. The van der Waals surface area contributed by atoms with Crippen molar-refractivity contribution in [3.8, 4) is 5.75 Å². The second-order valence-electron chi connectivity index (χ2n) is 6.95. The van der Waals surface area contributed by atoms with Crippen molar-refractivity contribution >= 4 is 39.1 Å². The van der Waals surface area contributed by atoms with Gasteiger partial charge in [-0.15, -0.1) is 0 Å². The van der Waals surface area contributed by atoms with Crippen molar-refractivity contribution < 1.29 is 17.9 Å². The van der Waals surface area contributed by atoms with E-state index in [1.807, 2.05) is 24.5 Å². The Morgan fingerprint density at radius 1 is 1.03 bits per heavy atom. The molecular weight excluding hydrogens is 444 g/mol. The number of amides is 1. The van der Waals surface area contributed by atoms with E-state index in [4.69, 9.17) is 4.74 Å². The molecule has 8 heteroatoms. The lowest BCUT2D eigenvalue weighted by molar-refractivity contribution is 0.102. The standard InChI is InChI=1S/C24H26N2O4S2/c1-4-26(20-8-6-5-7-9-20)32(28,29)21-14-15-23(30-2)22(16-21)25-24(27)19-12-10-18(11-13-19)17-31-3/h5-16H,4,17H2,1-3H3,(H,25,27). The molecule has 168 valence electrons. The maximum atomic E-state index is 13.3. The van der Waals surface area contributed by atoms with Crippen LogP contribution in [0.1, 0.15) is 22.8 Å². The molecule has 0 aliphatic heterocycles. The Bertz CT molecular complexity index is 1160. The molecule has 0 unspecified atom stereocenters. The van der Waals surface area contributed by atoms with Crippen molar-refractivity contribution in [1.29, 1.82) is 0 Å². The van der Waals surface area contributed by atoms with Gasteiger partial charge in [-0.3, -0.25) is 9.10 Å². The SMILES string of the molecule is CCN(c1ccccc1)S(=O)(=O)c1ccc(OC)c(NC(=O)c2ccc(CSC)cc2)c1. The number of rotatable bonds is 9. The van der Waals surface area contributed by atoms with E-state index in [-0.39, 0.29) is 23.0 Å². The number of carbonyl (C=O) groups is 1. The number of benzene rings is 3. The summed E-state index contributed by atoms with van der Waals surface area (Å²) in [5, 5.41) is 2.79. The number of hydrogen-bond donors (Lipinski definition) is 1. The molecule has 0 bridgehead atoms. The number of thioether (sulfide) groups is 1. The molecule has 0 spiro atoms. The zero-order chi connectivity index (χ0) is 23.1. The monoisotopic (exact) mass is 470 g/mol. The number of ether oxygens (including phenoxy) is 1. The van der Waals surface area contributed by atoms with Crippen LogP contribution in [-0.4, -0.2) is 34.2 Å². The van der Waals surface area contributed by atoms with Crippen molar-refractivity contribution in [2.45, 2.75) is 17.6 Å². The number of nitrogens with one attached hydrogen (secondary N) is 1. The summed E-state index contributed by atoms with van der Waals surface area (Å²) in [6, 6.07) is 20.7. The van der Waals surface area contributed by atoms with Crippen LogP contribution in [0.3, 0.4) is 0 Å². The second-order valence-corrected chi connectivity index (χ2v) is 9.68. The number of para-hydroxylation sites is 1. The van der Waals surface area contributed by atoms with Gasteiger partial charge in [0.15, 0.2) is 0 Å². The number of anilines is 2. The van der Waals surface area contributed by atoms with Crippen LogP contribution in [0.25, 0.3) is 0 Å². The molecule has 0 aromatic heterocycles. The fourth-order valence-electron chi connectivity index (χ4n) is 3.27. The predicted octanol–water partition coefficient (Wildman–Crippen LogP) is 5.03. The van der Waals surface area contributed by atoms with Crippen LogP contribution in [0.5, 0.6) is 5.75 Å². The van der Waals surface area contributed by atoms with Gasteiger partial charge in [0.05, 0.1) is 23.4 Å². The highest BCUT2D eigenvalue weighted by Crippen LogP contribution is 2.31. The van der Waals surface area contributed by atoms with E-state index in [0.717, 1.165) is 11.3 Å². The molecule has 6 nitrogen and oxygen atoms in total. The Morgan fingerprint density at radius 3 is 2.31 bits per heavy atom. The highest BCUT2D eigenvalue weighted by atomic mass is 32.2. The van der Waals surface area contributed by atoms with E-state index in [1.54, 1.807) is 61.2 Å². The Balaban J connectivity index is 1.92. The lowest BCUT2D eigenvalue weighted by atomic mass is 10.1. The van der Waals surface area contributed by atoms with Gasteiger partial charge in [0.1, 0.15) is 5.75 Å². The minimum atomic E-state index is -3.84. The highest BCUT2D eigenvalue weighted by molar-refractivity contribution is 7.97. The minimum absolute atomic E-state index is 0.0645. The Morgan fingerprint density at radius 2 is 1.72 bits per heavy atom. The maximum absolute atomic E-state index is 13.3. The summed E-state index contributed by atoms with van der Waals surface area (Å²) in [7, 11) is -2.37. The van der Waals surface area contributed by atoms with Gasteiger partial charge in [-0.1, -0.05) is 30.3 Å². The summed E-state index contributed by atoms with van der Waals surface area (Å²) in [5.74, 6) is 0.897. The summed E-state index contributed by atoms with van der Waals surface area (Å²) < 4.78 is 33.4. The van der Waals surface area contributed by atoms with Crippen molar-refractivity contribution in [3.05, 3.63) is 83.9 Å². The fourth-order valence-corrected chi connectivity index (χ4v) is 5.30. The van der Waals surface area contributed by atoms with Gasteiger partial charge in [-0.2, -0.15) is 11.8 Å². The summed E-state index contributed by atoms with van der Waals surface area (Å²) in [5.41, 5.74) is 2.46. The average Bonchev–Trinajstić information content (AvgIpc) is 2.80. The molecule has 3 aromatic rings. The first kappa shape index (κ1) is 23.7. The first-order chi connectivity index (χ1) is 15.4. The van der Waals surface area contributed by atoms with E-state index >= 15 is 0 Å². The van der Waals surface area contributed by atoms with Gasteiger partial charge in [0.25, 0.3) is 15.9 Å². The van der Waals surface area contributed by atoms with E-state index in [2.05, 4.69) is 5.32 Å². The molecule has 1 N–H and O–H groups in total. The maximum Gasteiger partial charge on any atom is 0.264 e. The van der Waals surface area contributed by atoms with Crippen LogP contribution in [-0.2, 0) is 15.8 Å². The van der Waals surface area contributed by atoms with E-state index in [1.165, 1.54) is 23.5 Å². The molecule has 0 aliphatic rings. The Kier molecular flexibility index (Phi) is 7.82. The summed E-state index contributed by atoms with van der Waals surface area (Å²) in [4.78, 5) is 12.9. The van der Waals surface area contributed by atoms with Gasteiger partial charge >= 0.3 is 0 Å². The molecule has 0 saturated carbocycles. The van der Waals surface area contributed by atoms with Crippen LogP contribution in [0.15, 0.2) is 77.7 Å². The first-order valence-electron chi connectivity index (χ1n) is 10.1. The van der Waals surface area contributed by atoms with E-state index in [0.29, 0.717) is 17.0 Å². The number of methoxy groups -OCH3 is 1. The largest absolute Gasteiger partial charge is 0.495 e. The molecule has 1 amide bonds. The van der Waals surface area contributed by atoms with Gasteiger partial charge in [0.2, 0.25) is 0 Å². The third kappa shape index (κ3) is 5.26. The van der Waals surface area contributed by atoms with Gasteiger partial charge < -0.3 is 10.1 Å². The highest BCUT2D eigenvalue weighted by Gasteiger charge is 2.25. The van der Waals surface area contributed by atoms with E-state index < -0.39 is 10.0 Å². The Labute approximate surface area is 193 Å². The van der Waals surface area contributed by atoms with Crippen LogP contribution in [0.4, 0.5) is 11.4 Å². The van der Waals surface area contributed by atoms with Gasteiger partial charge in [0, 0.05) is 17.9 Å². The normalized spacial score (nSPS) is 11.1. The van der Waals surface area contributed by atoms with Gasteiger partial charge in [-0.25, -0.2) is 8.42 Å². The number of carbonyl (C=O) groups excluding carboxylic acids is 1. The molecule has 0 heterocycles. The zero-order valence-corrected chi connectivity index (χ0v) is 19.9. The second kappa shape index (κ2) is 10.6. The van der Waals surface area contributed by atoms with Crippen LogP contribution < -0.4 is 14.4 Å². The number of hydrogen-bond acceptors (Lipinski definition) is 5. The smallest absolute Gasteiger partial charge is 0.264 e.